The number of fused-ring (bicyclic) bond motifs is 1. The second kappa shape index (κ2) is 28.3. The molecule has 7 N–H and O–H groups in total. The maximum absolute atomic E-state index is 13.8. The Morgan fingerprint density at radius 2 is 1.72 bits per heavy atom. The molecule has 1 atom stereocenters. The first kappa shape index (κ1) is 56.1. The topological polar surface area (TPSA) is 209 Å². The number of carbonyl (C=O) groups is 3. The Morgan fingerprint density at radius 3 is 2.49 bits per heavy atom. The summed E-state index contributed by atoms with van der Waals surface area (Å²) in [5.74, 6) is -1.39. The van der Waals surface area contributed by atoms with Gasteiger partial charge in [-0.15, -0.1) is 11.8 Å². The minimum atomic E-state index is -4.82. The van der Waals surface area contributed by atoms with E-state index in [1.165, 1.54) is 11.0 Å². The van der Waals surface area contributed by atoms with Gasteiger partial charge in [0.1, 0.15) is 42.4 Å². The SMILES string of the molecule is CC.CN1C(=O)C(NC(=O)C(=N)N=C(N)Cc2ccc(SCCCCCn3cc(C(=O)NCCCCc4ccc(OCc5ccc(F)c(C(F)(F)F)c5)c(CNCCO)c4)cn3)cc2)COc2ccccc21. The van der Waals surface area contributed by atoms with E-state index >= 15 is 0 Å². The molecule has 15 nitrogen and oxygen atoms in total. The van der Waals surface area contributed by atoms with Crippen LogP contribution in [0.1, 0.15) is 84.1 Å². The van der Waals surface area contributed by atoms with Crippen LogP contribution in [-0.2, 0) is 48.3 Å². The summed E-state index contributed by atoms with van der Waals surface area (Å²) >= 11 is 1.73. The highest BCUT2D eigenvalue weighted by atomic mass is 32.2. The van der Waals surface area contributed by atoms with Crippen molar-refractivity contribution in [3.05, 3.63) is 137 Å². The number of anilines is 1. The minimum absolute atomic E-state index is 0.0720. The van der Waals surface area contributed by atoms with Crippen LogP contribution in [0.3, 0.4) is 0 Å². The van der Waals surface area contributed by atoms with E-state index < -0.39 is 35.3 Å². The molecule has 5 aromatic rings. The molecule has 1 aromatic heterocycles. The van der Waals surface area contributed by atoms with Gasteiger partial charge in [0.25, 0.3) is 17.7 Å². The molecular formula is C52H63F4N9O6S. The van der Waals surface area contributed by atoms with Crippen LogP contribution in [0.2, 0.25) is 0 Å². The first-order chi connectivity index (χ1) is 34.7. The zero-order valence-corrected chi connectivity index (χ0v) is 41.5. The average molecular weight is 1020 g/mol. The van der Waals surface area contributed by atoms with E-state index in [2.05, 4.69) is 26.0 Å². The van der Waals surface area contributed by atoms with Gasteiger partial charge in [0.15, 0.2) is 0 Å². The second-order valence-corrected chi connectivity index (χ2v) is 17.7. The number of unbranched alkanes of at least 4 members (excludes halogenated alkanes) is 3. The van der Waals surface area contributed by atoms with E-state index in [4.69, 9.17) is 20.6 Å². The average Bonchev–Trinajstić information content (AvgIpc) is 3.81. The molecule has 3 amide bonds. The first-order valence-electron chi connectivity index (χ1n) is 23.8. The minimum Gasteiger partial charge on any atom is -0.489 e. The van der Waals surface area contributed by atoms with Crippen molar-refractivity contribution >= 4 is 46.8 Å². The van der Waals surface area contributed by atoms with Crippen LogP contribution in [0.15, 0.2) is 107 Å². The van der Waals surface area contributed by atoms with Crippen molar-refractivity contribution in [3.63, 3.8) is 0 Å². The van der Waals surface area contributed by atoms with Gasteiger partial charge in [-0.2, -0.15) is 18.3 Å². The Morgan fingerprint density at radius 1 is 0.972 bits per heavy atom. The molecule has 0 aliphatic carbocycles. The van der Waals surface area contributed by atoms with Gasteiger partial charge in [0, 0.05) is 56.3 Å². The highest BCUT2D eigenvalue weighted by molar-refractivity contribution is 7.99. The van der Waals surface area contributed by atoms with Crippen LogP contribution in [0.4, 0.5) is 23.2 Å². The summed E-state index contributed by atoms with van der Waals surface area (Å²) in [6.45, 7) is 5.50. The number of para-hydroxylation sites is 2. The van der Waals surface area contributed by atoms with E-state index in [9.17, 15) is 37.1 Å². The van der Waals surface area contributed by atoms with Gasteiger partial charge in [-0.25, -0.2) is 9.38 Å². The van der Waals surface area contributed by atoms with Crippen LogP contribution in [0, 0.1) is 11.2 Å². The number of ether oxygens (including phenoxy) is 2. The number of aromatic nitrogens is 2. The van der Waals surface area contributed by atoms with Gasteiger partial charge < -0.3 is 41.2 Å². The molecular weight excluding hydrogens is 955 g/mol. The number of nitrogens with two attached hydrogens (primary N) is 1. The number of nitrogens with zero attached hydrogens (tertiary/aromatic N) is 4. The van der Waals surface area contributed by atoms with E-state index in [1.807, 2.05) is 50.2 Å². The lowest BCUT2D eigenvalue weighted by Crippen LogP contribution is -2.51. The van der Waals surface area contributed by atoms with Gasteiger partial charge in [0.05, 0.1) is 29.6 Å². The number of alkyl halides is 3. The van der Waals surface area contributed by atoms with Crippen LogP contribution in [-0.4, -0.2) is 89.4 Å². The molecule has 2 heterocycles. The Hall–Kier alpha value is -6.77. The number of rotatable bonds is 23. The third kappa shape index (κ3) is 17.2. The van der Waals surface area contributed by atoms with Gasteiger partial charge in [-0.3, -0.25) is 24.5 Å². The van der Waals surface area contributed by atoms with Crippen LogP contribution in [0.25, 0.3) is 0 Å². The van der Waals surface area contributed by atoms with Gasteiger partial charge in [-0.1, -0.05) is 62.7 Å². The van der Waals surface area contributed by atoms with Gasteiger partial charge in [-0.05, 0) is 97.0 Å². The first-order valence-corrected chi connectivity index (χ1v) is 24.8. The molecule has 386 valence electrons. The fourth-order valence-corrected chi connectivity index (χ4v) is 8.36. The summed E-state index contributed by atoms with van der Waals surface area (Å²) in [6.07, 6.45) is 3.79. The molecule has 1 aliphatic heterocycles. The van der Waals surface area contributed by atoms with Crippen molar-refractivity contribution in [3.8, 4) is 11.5 Å². The van der Waals surface area contributed by atoms with Gasteiger partial charge in [0.2, 0.25) is 5.84 Å². The largest absolute Gasteiger partial charge is 0.489 e. The number of amidine groups is 2. The summed E-state index contributed by atoms with van der Waals surface area (Å²) in [5, 5.41) is 30.3. The molecule has 20 heteroatoms. The normalized spacial score (nSPS) is 13.6. The quantitative estimate of drug-likeness (QED) is 0.0123. The molecule has 4 aromatic carbocycles. The third-order valence-corrected chi connectivity index (χ3v) is 12.3. The maximum atomic E-state index is 13.8. The number of aryl methyl sites for hydroxylation is 2. The van der Waals surface area contributed by atoms with Crippen molar-refractivity contribution in [2.45, 2.75) is 95.6 Å². The number of hydrogen-bond donors (Lipinski definition) is 6. The van der Waals surface area contributed by atoms with Crippen molar-refractivity contribution in [2.24, 2.45) is 10.7 Å². The van der Waals surface area contributed by atoms with E-state index in [1.54, 1.807) is 66.2 Å². The molecule has 0 saturated carbocycles. The van der Waals surface area contributed by atoms with Crippen molar-refractivity contribution in [1.29, 1.82) is 5.41 Å². The number of halogens is 4. The highest BCUT2D eigenvalue weighted by Crippen LogP contribution is 2.33. The predicted octanol–water partition coefficient (Wildman–Crippen LogP) is 7.86. The Bertz CT molecular complexity index is 2610. The van der Waals surface area contributed by atoms with Crippen molar-refractivity contribution < 1.29 is 46.5 Å². The maximum Gasteiger partial charge on any atom is 0.419 e. The molecule has 72 heavy (non-hydrogen) atoms. The standard InChI is InChI=1S/C50H57F4N9O6S.C2H6/c1-62-42-10-3-4-11-44(42)69-32-41(49(62)67)60-48(66)46(56)61-45(55)27-34-12-16-38(17-13-34)70-24-8-2-7-22-63-30-37(29-59-63)47(65)58-20-6-5-9-33-15-19-43(36(25-33)28-57-21-23-64)68-31-35-14-18-40(51)39(26-35)50(52,53)54;1-2/h3-4,10-19,25-26,29-30,41,57,64H,2,5-9,20-24,27-28,31-32H2,1H3,(H,58,65)(H,60,66)(H3,55,56,61);1-2H3. The van der Waals surface area contributed by atoms with E-state index in [-0.39, 0.29) is 49.5 Å². The second-order valence-electron chi connectivity index (χ2n) is 16.5. The number of amides is 3. The fourth-order valence-electron chi connectivity index (χ4n) is 7.44. The van der Waals surface area contributed by atoms with Crippen LogP contribution >= 0.6 is 11.8 Å². The number of hydrogen-bond acceptors (Lipinski definition) is 10. The van der Waals surface area contributed by atoms with E-state index in [0.717, 1.165) is 71.6 Å². The third-order valence-electron chi connectivity index (χ3n) is 11.2. The summed E-state index contributed by atoms with van der Waals surface area (Å²) in [7, 11) is 1.59. The molecule has 0 saturated heterocycles. The zero-order chi connectivity index (χ0) is 52.0. The Labute approximate surface area is 421 Å². The molecule has 1 unspecified atom stereocenters. The molecule has 6 rings (SSSR count). The lowest BCUT2D eigenvalue weighted by molar-refractivity contribution is -0.140. The fraction of sp³-hybridized carbons (Fsp3) is 0.385. The van der Waals surface area contributed by atoms with Gasteiger partial charge >= 0.3 is 6.18 Å². The number of carbonyl (C=O) groups excluding carboxylic acids is 3. The van der Waals surface area contributed by atoms with E-state index in [0.29, 0.717) is 55.3 Å². The summed E-state index contributed by atoms with van der Waals surface area (Å²) in [4.78, 5) is 45.0. The predicted molar refractivity (Wildman–Crippen MR) is 271 cm³/mol. The van der Waals surface area contributed by atoms with Crippen LogP contribution in [0.5, 0.6) is 11.5 Å². The lowest BCUT2D eigenvalue weighted by atomic mass is 10.0. The molecule has 0 bridgehead atoms. The molecule has 0 spiro atoms. The van der Waals surface area contributed by atoms with Crippen molar-refractivity contribution in [2.75, 3.05) is 44.0 Å². The number of nitrogens with one attached hydrogen (secondary N) is 4. The number of thioether (sulfide) groups is 1. The molecule has 0 fully saturated rings. The monoisotopic (exact) mass is 1020 g/mol. The zero-order valence-electron chi connectivity index (χ0n) is 40.7. The number of likely N-dealkylation sites (N-methyl/N-ethyl adjacent to an activating group) is 1. The summed E-state index contributed by atoms with van der Waals surface area (Å²) in [5.41, 5.74) is 8.63. The van der Waals surface area contributed by atoms with Crippen LogP contribution < -0.4 is 36.1 Å². The number of benzene rings is 4. The Kier molecular flexibility index (Phi) is 22.1. The Balaban J connectivity index is 0.00000475. The lowest BCUT2D eigenvalue weighted by Gasteiger charge is -2.20. The summed E-state index contributed by atoms with van der Waals surface area (Å²) < 4.78 is 66.7. The number of aliphatic hydroxyl groups is 1. The van der Waals surface area contributed by atoms with Crippen molar-refractivity contribution in [1.82, 2.24) is 25.7 Å². The molecule has 1 aliphatic rings. The number of aliphatic imine (C=N–C) groups is 1. The number of aliphatic hydroxyl groups excluding tert-OH is 1. The highest BCUT2D eigenvalue weighted by Gasteiger charge is 2.34. The smallest absolute Gasteiger partial charge is 0.419 e. The molecule has 0 radical (unpaired) electrons. The summed E-state index contributed by atoms with van der Waals surface area (Å²) in [6, 6.07) is 22.2.